The number of esters is 1. The van der Waals surface area contributed by atoms with Gasteiger partial charge >= 0.3 is 5.97 Å². The van der Waals surface area contributed by atoms with Crippen molar-refractivity contribution < 1.29 is 9.53 Å². The van der Waals surface area contributed by atoms with Crippen molar-refractivity contribution in [1.29, 1.82) is 0 Å². The Morgan fingerprint density at radius 3 is 2.76 bits per heavy atom. The second-order valence-electron chi connectivity index (χ2n) is 5.31. The number of carbonyl (C=O) groups is 1. The van der Waals surface area contributed by atoms with E-state index >= 15 is 0 Å². The van der Waals surface area contributed by atoms with E-state index in [0.29, 0.717) is 12.3 Å². The summed E-state index contributed by atoms with van der Waals surface area (Å²) in [4.78, 5) is 11.3. The van der Waals surface area contributed by atoms with Crippen LogP contribution in [0.3, 0.4) is 0 Å². The highest BCUT2D eigenvalue weighted by molar-refractivity contribution is 5.69. The van der Waals surface area contributed by atoms with E-state index in [0.717, 1.165) is 18.3 Å². The molecular weight excluding hydrogens is 212 g/mol. The molecule has 0 N–H and O–H groups in total. The van der Waals surface area contributed by atoms with E-state index in [2.05, 4.69) is 26.0 Å². The van der Waals surface area contributed by atoms with Gasteiger partial charge < -0.3 is 4.74 Å². The van der Waals surface area contributed by atoms with Gasteiger partial charge in [0.25, 0.3) is 0 Å². The van der Waals surface area contributed by atoms with Gasteiger partial charge in [0.2, 0.25) is 0 Å². The van der Waals surface area contributed by atoms with Crippen molar-refractivity contribution in [3.8, 4) is 0 Å². The molecule has 0 saturated heterocycles. The number of hydrogen-bond donors (Lipinski definition) is 0. The van der Waals surface area contributed by atoms with Crippen molar-refractivity contribution in [3.05, 3.63) is 12.2 Å². The Morgan fingerprint density at radius 2 is 2.12 bits per heavy atom. The highest BCUT2D eigenvalue weighted by Gasteiger charge is 2.28. The minimum Gasteiger partial charge on any atom is -0.469 e. The molecule has 3 atom stereocenters. The summed E-state index contributed by atoms with van der Waals surface area (Å²) >= 11 is 0. The lowest BCUT2D eigenvalue weighted by Crippen LogP contribution is -2.24. The van der Waals surface area contributed by atoms with Crippen molar-refractivity contribution in [3.63, 3.8) is 0 Å². The van der Waals surface area contributed by atoms with Crippen molar-refractivity contribution in [2.75, 3.05) is 7.11 Å². The zero-order valence-corrected chi connectivity index (χ0v) is 11.4. The normalized spacial score (nSPS) is 29.5. The fraction of sp³-hybridized carbons (Fsp3) is 0.800. The largest absolute Gasteiger partial charge is 0.469 e. The number of hydrogen-bond acceptors (Lipinski definition) is 2. The molecule has 2 nitrogen and oxygen atoms in total. The van der Waals surface area contributed by atoms with E-state index in [1.165, 1.54) is 32.8 Å². The monoisotopic (exact) mass is 238 g/mol. The number of carbonyl (C=O) groups excluding carboxylic acids is 1. The molecule has 1 aliphatic rings. The first-order chi connectivity index (χ1) is 8.17. The van der Waals surface area contributed by atoms with E-state index < -0.39 is 0 Å². The molecule has 0 bridgehead atoms. The van der Waals surface area contributed by atoms with Gasteiger partial charge in [0.05, 0.1) is 7.11 Å². The molecule has 1 rings (SSSR count). The number of allylic oxidation sites excluding steroid dienone is 2. The predicted octanol–water partition coefficient (Wildman–Crippen LogP) is 3.96. The van der Waals surface area contributed by atoms with Gasteiger partial charge in [-0.3, -0.25) is 4.79 Å². The van der Waals surface area contributed by atoms with Crippen molar-refractivity contribution in [2.24, 2.45) is 17.8 Å². The number of ether oxygens (including phenoxy) is 1. The van der Waals surface area contributed by atoms with E-state index in [1.807, 2.05) is 0 Å². The van der Waals surface area contributed by atoms with Crippen LogP contribution in [0.1, 0.15) is 52.4 Å². The van der Waals surface area contributed by atoms with Crippen molar-refractivity contribution >= 4 is 5.97 Å². The van der Waals surface area contributed by atoms with Crippen molar-refractivity contribution in [2.45, 2.75) is 52.4 Å². The van der Waals surface area contributed by atoms with Gasteiger partial charge in [-0.1, -0.05) is 32.4 Å². The van der Waals surface area contributed by atoms with E-state index in [4.69, 9.17) is 4.74 Å². The van der Waals surface area contributed by atoms with Crippen LogP contribution in [0, 0.1) is 17.8 Å². The van der Waals surface area contributed by atoms with Gasteiger partial charge in [-0.2, -0.15) is 0 Å². The Bertz CT molecular complexity index is 258. The van der Waals surface area contributed by atoms with Gasteiger partial charge in [-0.05, 0) is 43.4 Å². The van der Waals surface area contributed by atoms with E-state index in [1.54, 1.807) is 0 Å². The summed E-state index contributed by atoms with van der Waals surface area (Å²) in [5.74, 6) is 2.04. The molecule has 1 saturated carbocycles. The number of rotatable bonds is 5. The van der Waals surface area contributed by atoms with E-state index in [9.17, 15) is 4.79 Å². The molecule has 0 aromatic rings. The maximum absolute atomic E-state index is 11.3. The molecule has 3 unspecified atom stereocenters. The van der Waals surface area contributed by atoms with Crippen LogP contribution >= 0.6 is 0 Å². The van der Waals surface area contributed by atoms with Gasteiger partial charge in [-0.25, -0.2) is 0 Å². The Labute approximate surface area is 105 Å². The number of methoxy groups -OCH3 is 1. The molecule has 1 aliphatic carbocycles. The summed E-state index contributed by atoms with van der Waals surface area (Å²) in [6, 6.07) is 0. The van der Waals surface area contributed by atoms with Crippen LogP contribution in [0.4, 0.5) is 0 Å². The summed E-state index contributed by atoms with van der Waals surface area (Å²) < 4.78 is 4.76. The quantitative estimate of drug-likeness (QED) is 0.535. The zero-order valence-electron chi connectivity index (χ0n) is 11.4. The molecule has 0 aromatic carbocycles. The Balaban J connectivity index is 2.41. The Morgan fingerprint density at radius 1 is 1.35 bits per heavy atom. The molecule has 98 valence electrons. The second kappa shape index (κ2) is 7.52. The summed E-state index contributed by atoms with van der Waals surface area (Å²) in [6.07, 6.45) is 11.1. The first-order valence-corrected chi connectivity index (χ1v) is 6.89. The van der Waals surface area contributed by atoms with Gasteiger partial charge in [0.15, 0.2) is 0 Å². The van der Waals surface area contributed by atoms with Gasteiger partial charge in [0.1, 0.15) is 0 Å². The molecule has 1 fully saturated rings. The molecule has 0 heterocycles. The molecule has 0 aliphatic heterocycles. The lowest BCUT2D eigenvalue weighted by Gasteiger charge is -2.33. The SMILES string of the molecule is CCC=CCC1CC(CC(=O)OC)CCC1C. The summed E-state index contributed by atoms with van der Waals surface area (Å²) in [7, 11) is 1.48. The maximum atomic E-state index is 11.3. The molecule has 0 spiro atoms. The fourth-order valence-electron chi connectivity index (χ4n) is 2.78. The topological polar surface area (TPSA) is 26.3 Å². The predicted molar refractivity (Wildman–Crippen MR) is 70.7 cm³/mol. The summed E-state index contributed by atoms with van der Waals surface area (Å²) in [5.41, 5.74) is 0. The Hall–Kier alpha value is -0.790. The van der Waals surface area contributed by atoms with Crippen LogP contribution < -0.4 is 0 Å². The minimum absolute atomic E-state index is 0.0487. The van der Waals surface area contributed by atoms with Gasteiger partial charge in [0, 0.05) is 6.42 Å². The van der Waals surface area contributed by atoms with Crippen LogP contribution in [-0.4, -0.2) is 13.1 Å². The standard InChI is InChI=1S/C15H26O2/c1-4-5-6-7-14-10-13(9-8-12(14)2)11-15(16)17-3/h5-6,12-14H,4,7-11H2,1-3H3. The lowest BCUT2D eigenvalue weighted by molar-refractivity contribution is -0.142. The average Bonchev–Trinajstić information content (AvgIpc) is 2.33. The highest BCUT2D eigenvalue weighted by Crippen LogP contribution is 2.37. The third-order valence-corrected chi connectivity index (χ3v) is 4.00. The summed E-state index contributed by atoms with van der Waals surface area (Å²) in [6.45, 7) is 4.51. The zero-order chi connectivity index (χ0) is 12.7. The molecule has 2 heteroatoms. The summed E-state index contributed by atoms with van der Waals surface area (Å²) in [5, 5.41) is 0. The van der Waals surface area contributed by atoms with Crippen LogP contribution in [0.25, 0.3) is 0 Å². The van der Waals surface area contributed by atoms with E-state index in [-0.39, 0.29) is 5.97 Å². The molecule has 0 amide bonds. The molecular formula is C15H26O2. The van der Waals surface area contributed by atoms with Crippen LogP contribution in [0.15, 0.2) is 12.2 Å². The van der Waals surface area contributed by atoms with Crippen LogP contribution in [-0.2, 0) is 9.53 Å². The third kappa shape index (κ3) is 4.93. The second-order valence-corrected chi connectivity index (χ2v) is 5.31. The molecule has 0 radical (unpaired) electrons. The average molecular weight is 238 g/mol. The molecule has 0 aromatic heterocycles. The van der Waals surface area contributed by atoms with Crippen molar-refractivity contribution in [1.82, 2.24) is 0 Å². The first-order valence-electron chi connectivity index (χ1n) is 6.89. The third-order valence-electron chi connectivity index (χ3n) is 4.00. The molecule has 17 heavy (non-hydrogen) atoms. The van der Waals surface area contributed by atoms with Crippen LogP contribution in [0.2, 0.25) is 0 Å². The fourth-order valence-corrected chi connectivity index (χ4v) is 2.78. The maximum Gasteiger partial charge on any atom is 0.305 e. The highest BCUT2D eigenvalue weighted by atomic mass is 16.5. The van der Waals surface area contributed by atoms with Crippen LogP contribution in [0.5, 0.6) is 0 Å². The lowest BCUT2D eigenvalue weighted by atomic mass is 9.72. The first kappa shape index (κ1) is 14.3. The van der Waals surface area contributed by atoms with Gasteiger partial charge in [-0.15, -0.1) is 0 Å². The Kier molecular flexibility index (Phi) is 6.31. The minimum atomic E-state index is -0.0487. The smallest absolute Gasteiger partial charge is 0.305 e.